The first-order valence-corrected chi connectivity index (χ1v) is 8.39. The van der Waals surface area contributed by atoms with Gasteiger partial charge in [-0.05, 0) is 52.5 Å². The Bertz CT molecular complexity index is 1010. The minimum atomic E-state index is -0.915. The van der Waals surface area contributed by atoms with Gasteiger partial charge in [-0.25, -0.2) is 4.79 Å². The maximum absolute atomic E-state index is 11.5. The van der Waals surface area contributed by atoms with Gasteiger partial charge >= 0.3 is 5.97 Å². The van der Waals surface area contributed by atoms with Crippen LogP contribution in [0.5, 0.6) is 0 Å². The molecule has 0 saturated heterocycles. The lowest BCUT2D eigenvalue weighted by Crippen LogP contribution is -2.34. The largest absolute Gasteiger partial charge is 0.478 e. The van der Waals surface area contributed by atoms with Gasteiger partial charge < -0.3 is 9.84 Å². The van der Waals surface area contributed by atoms with E-state index in [0.29, 0.717) is 12.2 Å². The van der Waals surface area contributed by atoms with E-state index >= 15 is 0 Å². The van der Waals surface area contributed by atoms with Gasteiger partial charge in [0.05, 0.1) is 12.2 Å². The fourth-order valence-electron chi connectivity index (χ4n) is 4.19. The Kier molecular flexibility index (Phi) is 2.91. The van der Waals surface area contributed by atoms with Gasteiger partial charge in [-0.1, -0.05) is 48.6 Å². The molecule has 2 aromatic rings. The highest BCUT2D eigenvalue weighted by atomic mass is 16.5. The third kappa shape index (κ3) is 1.87. The molecule has 1 heterocycles. The van der Waals surface area contributed by atoms with Crippen LogP contribution < -0.4 is 0 Å². The van der Waals surface area contributed by atoms with E-state index in [4.69, 9.17) is 4.74 Å². The van der Waals surface area contributed by atoms with Crippen molar-refractivity contribution < 1.29 is 14.6 Å². The number of rotatable bonds is 1. The zero-order chi connectivity index (χ0) is 17.0. The SMILES string of the molecule is O=C(O)c1ccc2c(c1)C1(OC2)C2=CCC=CC2=Cc2ccccc21. The maximum Gasteiger partial charge on any atom is 0.335 e. The molecule has 1 spiro atoms. The van der Waals surface area contributed by atoms with Crippen LogP contribution in [-0.4, -0.2) is 11.1 Å². The molecular weight excluding hydrogens is 312 g/mol. The topological polar surface area (TPSA) is 46.5 Å². The molecule has 2 aromatic carbocycles. The van der Waals surface area contributed by atoms with Crippen molar-refractivity contribution in [3.05, 3.63) is 99.7 Å². The summed E-state index contributed by atoms with van der Waals surface area (Å²) in [6.45, 7) is 0.484. The summed E-state index contributed by atoms with van der Waals surface area (Å²) in [5, 5.41) is 9.45. The molecule has 0 bridgehead atoms. The van der Waals surface area contributed by atoms with Gasteiger partial charge in [0.15, 0.2) is 0 Å². The van der Waals surface area contributed by atoms with Gasteiger partial charge in [-0.3, -0.25) is 0 Å². The van der Waals surface area contributed by atoms with Crippen LogP contribution in [0, 0.1) is 0 Å². The highest BCUT2D eigenvalue weighted by molar-refractivity contribution is 5.88. The number of carbonyl (C=O) groups is 1. The third-order valence-electron chi connectivity index (χ3n) is 5.28. The van der Waals surface area contributed by atoms with Crippen LogP contribution in [0.3, 0.4) is 0 Å². The fraction of sp³-hybridized carbons (Fsp3) is 0.136. The van der Waals surface area contributed by atoms with Crippen LogP contribution in [0.15, 0.2) is 71.8 Å². The Balaban J connectivity index is 1.85. The van der Waals surface area contributed by atoms with Gasteiger partial charge in [-0.15, -0.1) is 0 Å². The zero-order valence-corrected chi connectivity index (χ0v) is 13.5. The Labute approximate surface area is 145 Å². The fourth-order valence-corrected chi connectivity index (χ4v) is 4.19. The first-order valence-electron chi connectivity index (χ1n) is 8.39. The normalized spacial score (nSPS) is 22.7. The molecule has 1 N–H and O–H groups in total. The van der Waals surface area contributed by atoms with Crippen molar-refractivity contribution in [2.45, 2.75) is 18.6 Å². The molecule has 2 aliphatic carbocycles. The van der Waals surface area contributed by atoms with Crippen LogP contribution in [0.25, 0.3) is 6.08 Å². The Hall–Kier alpha value is -2.91. The van der Waals surface area contributed by atoms with Gasteiger partial charge in [0.1, 0.15) is 5.60 Å². The zero-order valence-electron chi connectivity index (χ0n) is 13.5. The van der Waals surface area contributed by atoms with Crippen LogP contribution in [0.4, 0.5) is 0 Å². The molecule has 25 heavy (non-hydrogen) atoms. The molecule has 0 amide bonds. The van der Waals surface area contributed by atoms with Crippen molar-refractivity contribution in [2.24, 2.45) is 0 Å². The number of carboxylic acids is 1. The van der Waals surface area contributed by atoms with Crippen molar-refractivity contribution in [1.29, 1.82) is 0 Å². The van der Waals surface area contributed by atoms with Crippen molar-refractivity contribution in [1.82, 2.24) is 0 Å². The standard InChI is InChI=1S/C22H16O3/c23-21(24)16-9-10-17-13-25-22(20(17)12-16)18-7-3-1-5-14(18)11-15-6-2-4-8-19(15)22/h1-3,5-12H,4,13H2,(H,23,24). The minimum Gasteiger partial charge on any atom is -0.478 e. The molecule has 1 unspecified atom stereocenters. The molecule has 3 heteroatoms. The van der Waals surface area contributed by atoms with Crippen molar-refractivity contribution >= 4 is 12.0 Å². The highest BCUT2D eigenvalue weighted by Gasteiger charge is 2.48. The molecule has 122 valence electrons. The smallest absolute Gasteiger partial charge is 0.335 e. The number of allylic oxidation sites excluding steroid dienone is 3. The predicted molar refractivity (Wildman–Crippen MR) is 95.2 cm³/mol. The minimum absolute atomic E-state index is 0.296. The van der Waals surface area contributed by atoms with E-state index < -0.39 is 11.6 Å². The molecule has 0 fully saturated rings. The van der Waals surface area contributed by atoms with Gasteiger partial charge in [0, 0.05) is 5.56 Å². The molecule has 3 nitrogen and oxygen atoms in total. The lowest BCUT2D eigenvalue weighted by atomic mass is 9.70. The number of hydrogen-bond acceptors (Lipinski definition) is 2. The first kappa shape index (κ1) is 14.4. The van der Waals surface area contributed by atoms with Crippen molar-refractivity contribution in [3.8, 4) is 0 Å². The quantitative estimate of drug-likeness (QED) is 0.842. The summed E-state index contributed by atoms with van der Waals surface area (Å²) in [5.41, 5.74) is 6.05. The molecule has 0 radical (unpaired) electrons. The second-order valence-electron chi connectivity index (χ2n) is 6.59. The van der Waals surface area contributed by atoms with Crippen LogP contribution in [-0.2, 0) is 16.9 Å². The van der Waals surface area contributed by atoms with Crippen LogP contribution in [0.2, 0.25) is 0 Å². The Morgan fingerprint density at radius 2 is 2.00 bits per heavy atom. The highest BCUT2D eigenvalue weighted by Crippen LogP contribution is 2.54. The summed E-state index contributed by atoms with van der Waals surface area (Å²) in [6, 6.07) is 13.5. The van der Waals surface area contributed by atoms with E-state index in [9.17, 15) is 9.90 Å². The monoisotopic (exact) mass is 328 g/mol. The first-order chi connectivity index (χ1) is 12.2. The summed E-state index contributed by atoms with van der Waals surface area (Å²) in [6.07, 6.45) is 9.51. The van der Waals surface area contributed by atoms with E-state index in [1.54, 1.807) is 12.1 Å². The van der Waals surface area contributed by atoms with Gasteiger partial charge in [0.2, 0.25) is 0 Å². The average molecular weight is 328 g/mol. The average Bonchev–Trinajstić information content (AvgIpc) is 3.02. The van der Waals surface area contributed by atoms with E-state index in [1.165, 1.54) is 0 Å². The second-order valence-corrected chi connectivity index (χ2v) is 6.59. The number of carboxylic acid groups (broad SMARTS) is 1. The Morgan fingerprint density at radius 1 is 1.12 bits per heavy atom. The predicted octanol–water partition coefficient (Wildman–Crippen LogP) is 4.44. The van der Waals surface area contributed by atoms with Crippen LogP contribution in [0.1, 0.15) is 39.0 Å². The van der Waals surface area contributed by atoms with Gasteiger partial charge in [-0.2, -0.15) is 0 Å². The number of ether oxygens (including phenoxy) is 1. The third-order valence-corrected chi connectivity index (χ3v) is 5.28. The van der Waals surface area contributed by atoms with E-state index in [1.807, 2.05) is 18.2 Å². The number of aromatic carboxylic acids is 1. The van der Waals surface area contributed by atoms with Crippen molar-refractivity contribution in [3.63, 3.8) is 0 Å². The summed E-state index contributed by atoms with van der Waals surface area (Å²) in [7, 11) is 0. The molecule has 0 aromatic heterocycles. The number of hydrogen-bond donors (Lipinski definition) is 1. The second kappa shape index (κ2) is 5.04. The summed E-state index contributed by atoms with van der Waals surface area (Å²) >= 11 is 0. The molecule has 5 rings (SSSR count). The maximum atomic E-state index is 11.5. The lowest BCUT2D eigenvalue weighted by Gasteiger charge is -2.39. The number of benzene rings is 2. The van der Waals surface area contributed by atoms with Crippen LogP contribution >= 0.6 is 0 Å². The van der Waals surface area contributed by atoms with E-state index in [-0.39, 0.29) is 0 Å². The summed E-state index contributed by atoms with van der Waals surface area (Å²) in [4.78, 5) is 11.5. The lowest BCUT2D eigenvalue weighted by molar-refractivity contribution is 0.0244. The number of fused-ring (bicyclic) bond motifs is 6. The molecular formula is C22H16O3. The Morgan fingerprint density at radius 3 is 2.88 bits per heavy atom. The summed E-state index contributed by atoms with van der Waals surface area (Å²) < 4.78 is 6.45. The molecule has 1 atom stereocenters. The van der Waals surface area contributed by atoms with Gasteiger partial charge in [0.25, 0.3) is 0 Å². The van der Waals surface area contributed by atoms with Crippen molar-refractivity contribution in [2.75, 3.05) is 0 Å². The molecule has 1 aliphatic heterocycles. The molecule has 0 saturated carbocycles. The van der Waals surface area contributed by atoms with E-state index in [2.05, 4.69) is 36.4 Å². The van der Waals surface area contributed by atoms with E-state index in [0.717, 1.165) is 39.8 Å². The molecule has 3 aliphatic rings. The summed E-state index contributed by atoms with van der Waals surface area (Å²) in [5.74, 6) is -0.915.